The van der Waals surface area contributed by atoms with Gasteiger partial charge in [0.1, 0.15) is 17.2 Å². The molecule has 31 heavy (non-hydrogen) atoms. The minimum atomic E-state index is -0.700. The Hall–Kier alpha value is -2.45. The van der Waals surface area contributed by atoms with E-state index in [4.69, 9.17) is 4.74 Å². The fourth-order valence-electron chi connectivity index (χ4n) is 4.82. The van der Waals surface area contributed by atoms with Crippen LogP contribution < -0.4 is 5.32 Å². The maximum absolute atomic E-state index is 15.0. The van der Waals surface area contributed by atoms with Crippen LogP contribution in [-0.4, -0.2) is 46.1 Å². The van der Waals surface area contributed by atoms with E-state index in [1.54, 1.807) is 0 Å². The zero-order chi connectivity index (χ0) is 21.8. The van der Waals surface area contributed by atoms with Crippen LogP contribution in [0.5, 0.6) is 0 Å². The Morgan fingerprint density at radius 1 is 1.23 bits per heavy atom. The molecule has 3 heterocycles. The molecule has 0 radical (unpaired) electrons. The van der Waals surface area contributed by atoms with Gasteiger partial charge in [0.05, 0.1) is 24.9 Å². The standard InChI is InChI=1S/C23H26F2N4O2/c1-23(2)5-3-17-14(9-23)13-7-12(8-15(24)21(13)27-17)20-16(25)10-26-22(29-20)28-18-4-6-31-11-19(18)30/h7-8,10,14,18-19,30H,3-6,9,11H2,1-2H3,(H,26,28,29)/t14?,18-,19-/m1/s1. The largest absolute Gasteiger partial charge is 0.389 e. The normalized spacial score (nSPS) is 26.7. The highest BCUT2D eigenvalue weighted by atomic mass is 19.1. The van der Waals surface area contributed by atoms with E-state index in [0.717, 1.165) is 36.7 Å². The summed E-state index contributed by atoms with van der Waals surface area (Å²) in [6.07, 6.45) is 3.73. The SMILES string of the molecule is CC1(C)CCC2=Nc3c(F)cc(-c4nc(N[C@@H]5CCOC[C@H]5O)ncc4F)cc3C2C1. The van der Waals surface area contributed by atoms with Crippen molar-refractivity contribution < 1.29 is 18.6 Å². The van der Waals surface area contributed by atoms with Gasteiger partial charge in [-0.2, -0.15) is 0 Å². The number of ether oxygens (including phenoxy) is 1. The molecule has 1 aromatic carbocycles. The van der Waals surface area contributed by atoms with Crippen LogP contribution in [0.4, 0.5) is 20.4 Å². The van der Waals surface area contributed by atoms with Crippen LogP contribution >= 0.6 is 0 Å². The molecule has 1 aromatic heterocycles. The van der Waals surface area contributed by atoms with Crippen molar-refractivity contribution in [3.8, 4) is 11.3 Å². The Morgan fingerprint density at radius 3 is 2.87 bits per heavy atom. The van der Waals surface area contributed by atoms with Crippen molar-refractivity contribution in [1.29, 1.82) is 0 Å². The van der Waals surface area contributed by atoms with E-state index >= 15 is 0 Å². The smallest absolute Gasteiger partial charge is 0.223 e. The molecule has 2 fully saturated rings. The Labute approximate surface area is 179 Å². The van der Waals surface area contributed by atoms with E-state index < -0.39 is 17.7 Å². The van der Waals surface area contributed by atoms with E-state index in [9.17, 15) is 13.9 Å². The lowest BCUT2D eigenvalue weighted by Gasteiger charge is -2.34. The summed E-state index contributed by atoms with van der Waals surface area (Å²) in [6.45, 7) is 5.17. The molecule has 1 saturated heterocycles. The van der Waals surface area contributed by atoms with Crippen molar-refractivity contribution >= 4 is 17.3 Å². The highest BCUT2D eigenvalue weighted by molar-refractivity contribution is 5.99. The second kappa shape index (κ2) is 7.60. The maximum Gasteiger partial charge on any atom is 0.223 e. The lowest BCUT2D eigenvalue weighted by molar-refractivity contribution is -0.0136. The predicted molar refractivity (Wildman–Crippen MR) is 114 cm³/mol. The van der Waals surface area contributed by atoms with Gasteiger partial charge < -0.3 is 15.2 Å². The third-order valence-electron chi connectivity index (χ3n) is 6.60. The van der Waals surface area contributed by atoms with Gasteiger partial charge in [-0.25, -0.2) is 18.7 Å². The molecular weight excluding hydrogens is 402 g/mol. The first-order valence-corrected chi connectivity index (χ1v) is 10.8. The number of aliphatic hydroxyl groups is 1. The molecule has 1 unspecified atom stereocenters. The third kappa shape index (κ3) is 3.83. The second-order valence-corrected chi connectivity index (χ2v) is 9.49. The minimum Gasteiger partial charge on any atom is -0.389 e. The van der Waals surface area contributed by atoms with Gasteiger partial charge in [0, 0.05) is 23.8 Å². The minimum absolute atomic E-state index is 0.0317. The van der Waals surface area contributed by atoms with Crippen molar-refractivity contribution in [3.63, 3.8) is 0 Å². The fourth-order valence-corrected chi connectivity index (χ4v) is 4.82. The molecule has 6 nitrogen and oxygen atoms in total. The topological polar surface area (TPSA) is 79.6 Å². The van der Waals surface area contributed by atoms with Crippen molar-refractivity contribution in [2.24, 2.45) is 10.4 Å². The third-order valence-corrected chi connectivity index (χ3v) is 6.60. The van der Waals surface area contributed by atoms with Crippen LogP contribution in [0.2, 0.25) is 0 Å². The van der Waals surface area contributed by atoms with Crippen molar-refractivity contribution in [3.05, 3.63) is 35.5 Å². The predicted octanol–water partition coefficient (Wildman–Crippen LogP) is 4.36. The Balaban J connectivity index is 1.48. The highest BCUT2D eigenvalue weighted by Gasteiger charge is 2.38. The second-order valence-electron chi connectivity index (χ2n) is 9.49. The molecule has 3 atom stereocenters. The molecule has 3 aliphatic rings. The molecule has 0 amide bonds. The van der Waals surface area contributed by atoms with Gasteiger partial charge in [-0.05, 0) is 48.8 Å². The Bertz CT molecular complexity index is 1060. The quantitative estimate of drug-likeness (QED) is 0.759. The molecule has 164 valence electrons. The number of aliphatic hydroxyl groups excluding tert-OH is 1. The molecule has 2 N–H and O–H groups in total. The first-order valence-electron chi connectivity index (χ1n) is 10.8. The summed E-state index contributed by atoms with van der Waals surface area (Å²) in [5.74, 6) is -0.827. The first-order chi connectivity index (χ1) is 14.8. The Kier molecular flexibility index (Phi) is 5.01. The molecule has 0 spiro atoms. The van der Waals surface area contributed by atoms with Crippen LogP contribution in [0.1, 0.15) is 51.0 Å². The summed E-state index contributed by atoms with van der Waals surface area (Å²) in [6, 6.07) is 2.83. The number of hydrogen-bond donors (Lipinski definition) is 2. The lowest BCUT2D eigenvalue weighted by Crippen LogP contribution is -2.42. The molecule has 8 heteroatoms. The van der Waals surface area contributed by atoms with Crippen LogP contribution in [0, 0.1) is 17.0 Å². The van der Waals surface area contributed by atoms with E-state index in [2.05, 4.69) is 34.1 Å². The summed E-state index contributed by atoms with van der Waals surface area (Å²) in [7, 11) is 0. The molecule has 5 rings (SSSR count). The summed E-state index contributed by atoms with van der Waals surface area (Å²) in [5, 5.41) is 13.1. The van der Waals surface area contributed by atoms with E-state index in [-0.39, 0.29) is 35.6 Å². The van der Waals surface area contributed by atoms with Gasteiger partial charge in [0.15, 0.2) is 5.82 Å². The number of rotatable bonds is 3. The van der Waals surface area contributed by atoms with Gasteiger partial charge in [0.2, 0.25) is 5.95 Å². The van der Waals surface area contributed by atoms with Crippen molar-refractivity contribution in [2.45, 2.75) is 57.6 Å². The molecule has 1 saturated carbocycles. The summed E-state index contributed by atoms with van der Waals surface area (Å²) < 4.78 is 34.9. The first kappa shape index (κ1) is 20.5. The van der Waals surface area contributed by atoms with Crippen molar-refractivity contribution in [1.82, 2.24) is 9.97 Å². The fraction of sp³-hybridized carbons (Fsp3) is 0.522. The average Bonchev–Trinajstić information content (AvgIpc) is 3.08. The number of aromatic nitrogens is 2. The summed E-state index contributed by atoms with van der Waals surface area (Å²) in [4.78, 5) is 12.9. The molecular formula is C23H26F2N4O2. The molecule has 2 aliphatic heterocycles. The van der Waals surface area contributed by atoms with Gasteiger partial charge in [-0.3, -0.25) is 4.99 Å². The number of hydrogen-bond acceptors (Lipinski definition) is 6. The number of halogens is 2. The van der Waals surface area contributed by atoms with Gasteiger partial charge in [0.25, 0.3) is 0 Å². The van der Waals surface area contributed by atoms with E-state index in [1.807, 2.05) is 6.07 Å². The van der Waals surface area contributed by atoms with Gasteiger partial charge in [-0.1, -0.05) is 13.8 Å². The van der Waals surface area contributed by atoms with E-state index in [0.29, 0.717) is 24.3 Å². The van der Waals surface area contributed by atoms with E-state index in [1.165, 1.54) is 6.07 Å². The van der Waals surface area contributed by atoms with Gasteiger partial charge >= 0.3 is 0 Å². The zero-order valence-corrected chi connectivity index (χ0v) is 17.7. The monoisotopic (exact) mass is 428 g/mol. The molecule has 2 aromatic rings. The highest BCUT2D eigenvalue weighted by Crippen LogP contribution is 2.50. The number of nitrogens with one attached hydrogen (secondary N) is 1. The number of fused-ring (bicyclic) bond motifs is 3. The number of aliphatic imine (C=N–C) groups is 1. The average molecular weight is 428 g/mol. The molecule has 1 aliphatic carbocycles. The summed E-state index contributed by atoms with van der Waals surface area (Å²) >= 11 is 0. The van der Waals surface area contributed by atoms with Crippen molar-refractivity contribution in [2.75, 3.05) is 18.5 Å². The maximum atomic E-state index is 15.0. The van der Waals surface area contributed by atoms with Gasteiger partial charge in [-0.15, -0.1) is 0 Å². The number of anilines is 1. The van der Waals surface area contributed by atoms with Crippen LogP contribution in [0.15, 0.2) is 23.3 Å². The molecule has 0 bridgehead atoms. The Morgan fingerprint density at radius 2 is 2.06 bits per heavy atom. The number of nitrogens with zero attached hydrogens (tertiary/aromatic N) is 3. The lowest BCUT2D eigenvalue weighted by atomic mass is 9.70. The van der Waals surface area contributed by atoms with Crippen LogP contribution in [-0.2, 0) is 4.74 Å². The van der Waals surface area contributed by atoms with Crippen LogP contribution in [0.25, 0.3) is 11.3 Å². The van der Waals surface area contributed by atoms with Crippen LogP contribution in [0.3, 0.4) is 0 Å². The zero-order valence-electron chi connectivity index (χ0n) is 17.7. The summed E-state index contributed by atoms with van der Waals surface area (Å²) in [5.41, 5.74) is 2.75. The number of benzene rings is 1.